The second-order valence-electron chi connectivity index (χ2n) is 9.60. The van der Waals surface area contributed by atoms with E-state index in [-0.39, 0.29) is 17.7 Å². The monoisotopic (exact) mass is 470 g/mol. The molecule has 0 heterocycles. The van der Waals surface area contributed by atoms with Gasteiger partial charge < -0.3 is 18.9 Å². The smallest absolute Gasteiger partial charge is 0.306 e. The third-order valence-electron chi connectivity index (χ3n) is 7.55. The zero-order chi connectivity index (χ0) is 24.1. The highest BCUT2D eigenvalue weighted by Crippen LogP contribution is 2.46. The number of rotatable bonds is 10. The van der Waals surface area contributed by atoms with Gasteiger partial charge in [-0.15, -0.1) is 0 Å². The van der Waals surface area contributed by atoms with E-state index in [1.54, 1.807) is 26.4 Å². The van der Waals surface area contributed by atoms with E-state index < -0.39 is 5.60 Å². The van der Waals surface area contributed by atoms with E-state index in [4.69, 9.17) is 18.9 Å². The largest absolute Gasteiger partial charge is 0.497 e. The van der Waals surface area contributed by atoms with Crippen LogP contribution in [0, 0.1) is 17.7 Å². The highest BCUT2D eigenvalue weighted by Gasteiger charge is 2.39. The highest BCUT2D eigenvalue weighted by atomic mass is 19.1. The second-order valence-corrected chi connectivity index (χ2v) is 9.60. The summed E-state index contributed by atoms with van der Waals surface area (Å²) in [5.74, 6) is 2.14. The molecule has 0 spiro atoms. The molecule has 2 saturated carbocycles. The number of carbonyl (C=O) groups excluding carboxylic acids is 1. The van der Waals surface area contributed by atoms with Crippen LogP contribution in [-0.2, 0) is 19.9 Å². The molecule has 2 aliphatic carbocycles. The number of halogens is 1. The van der Waals surface area contributed by atoms with Crippen molar-refractivity contribution in [2.75, 3.05) is 27.9 Å². The van der Waals surface area contributed by atoms with Gasteiger partial charge >= 0.3 is 5.97 Å². The fraction of sp³-hybridized carbons (Fsp3) is 0.536. The lowest BCUT2D eigenvalue weighted by Crippen LogP contribution is -2.36. The van der Waals surface area contributed by atoms with Crippen molar-refractivity contribution in [3.05, 3.63) is 59.4 Å². The number of benzene rings is 2. The van der Waals surface area contributed by atoms with E-state index in [1.807, 2.05) is 12.1 Å². The predicted octanol–water partition coefficient (Wildman–Crippen LogP) is 6.00. The molecule has 2 aromatic rings. The Morgan fingerprint density at radius 2 is 1.79 bits per heavy atom. The normalized spacial score (nSPS) is 23.2. The number of ether oxygens (including phenoxy) is 4. The number of hydrogen-bond acceptors (Lipinski definition) is 5. The van der Waals surface area contributed by atoms with E-state index in [0.717, 1.165) is 49.8 Å². The van der Waals surface area contributed by atoms with Gasteiger partial charge in [-0.1, -0.05) is 12.1 Å². The molecule has 5 nitrogen and oxygen atoms in total. The highest BCUT2D eigenvalue weighted by molar-refractivity contribution is 5.70. The molecule has 2 aromatic carbocycles. The zero-order valence-electron chi connectivity index (χ0n) is 20.3. The topological polar surface area (TPSA) is 54.0 Å². The Labute approximate surface area is 201 Å². The molecular weight excluding hydrogens is 435 g/mol. The molecule has 0 amide bonds. The van der Waals surface area contributed by atoms with E-state index in [2.05, 4.69) is 12.1 Å². The van der Waals surface area contributed by atoms with E-state index >= 15 is 0 Å². The molecule has 1 unspecified atom stereocenters. The van der Waals surface area contributed by atoms with Gasteiger partial charge in [-0.25, -0.2) is 4.39 Å². The van der Waals surface area contributed by atoms with Crippen LogP contribution >= 0.6 is 0 Å². The Kier molecular flexibility index (Phi) is 7.77. The molecule has 2 aliphatic rings. The van der Waals surface area contributed by atoms with Crippen LogP contribution in [0.25, 0.3) is 0 Å². The van der Waals surface area contributed by atoms with E-state index in [1.165, 1.54) is 13.2 Å². The Balaban J connectivity index is 1.37. The SMILES string of the molecule is COC(=O)CC(c1cccc(OC[C@H]2CC[C@](OC)(c3cc(OC)ccc3F)CC2)c1)C1CC1. The molecule has 2 fully saturated rings. The number of carbonyl (C=O) groups is 1. The van der Waals surface area contributed by atoms with Gasteiger partial charge in [0, 0.05) is 12.7 Å². The summed E-state index contributed by atoms with van der Waals surface area (Å²) in [4.78, 5) is 11.9. The Morgan fingerprint density at radius 1 is 1.03 bits per heavy atom. The van der Waals surface area contributed by atoms with Crippen LogP contribution in [0.5, 0.6) is 11.5 Å². The molecule has 0 bridgehead atoms. The first kappa shape index (κ1) is 24.5. The van der Waals surface area contributed by atoms with E-state index in [0.29, 0.717) is 36.2 Å². The fourth-order valence-corrected chi connectivity index (χ4v) is 5.24. The summed E-state index contributed by atoms with van der Waals surface area (Å²) in [6.45, 7) is 0.606. The van der Waals surface area contributed by atoms with Crippen molar-refractivity contribution in [2.24, 2.45) is 11.8 Å². The average Bonchev–Trinajstić information content (AvgIpc) is 3.72. The quantitative estimate of drug-likeness (QED) is 0.399. The van der Waals surface area contributed by atoms with Crippen molar-refractivity contribution in [2.45, 2.75) is 56.5 Å². The Hall–Kier alpha value is -2.60. The van der Waals surface area contributed by atoms with Crippen LogP contribution < -0.4 is 9.47 Å². The zero-order valence-corrected chi connectivity index (χ0v) is 20.3. The summed E-state index contributed by atoms with van der Waals surface area (Å²) in [5, 5.41) is 0. The number of hydrogen-bond donors (Lipinski definition) is 0. The van der Waals surface area contributed by atoms with Crippen LogP contribution in [0.3, 0.4) is 0 Å². The first-order valence-electron chi connectivity index (χ1n) is 12.2. The maximum absolute atomic E-state index is 14.7. The first-order chi connectivity index (χ1) is 16.5. The van der Waals surface area contributed by atoms with Crippen LogP contribution in [0.1, 0.15) is 62.0 Å². The molecule has 0 saturated heterocycles. The van der Waals surface area contributed by atoms with Crippen molar-refractivity contribution in [1.29, 1.82) is 0 Å². The number of esters is 1. The lowest BCUT2D eigenvalue weighted by molar-refractivity contribution is -0.141. The minimum absolute atomic E-state index is 0.167. The van der Waals surface area contributed by atoms with Crippen molar-refractivity contribution >= 4 is 5.97 Å². The molecular formula is C28H35FO5. The van der Waals surface area contributed by atoms with Crippen molar-refractivity contribution in [3.8, 4) is 11.5 Å². The lowest BCUT2D eigenvalue weighted by atomic mass is 9.75. The van der Waals surface area contributed by atoms with Gasteiger partial charge in [0.15, 0.2) is 0 Å². The summed E-state index contributed by atoms with van der Waals surface area (Å²) in [5.41, 5.74) is 1.07. The van der Waals surface area contributed by atoms with Gasteiger partial charge in [0.1, 0.15) is 17.3 Å². The molecule has 0 radical (unpaired) electrons. The molecule has 0 aliphatic heterocycles. The van der Waals surface area contributed by atoms with Gasteiger partial charge in [0.25, 0.3) is 0 Å². The summed E-state index contributed by atoms with van der Waals surface area (Å²) in [6, 6.07) is 13.0. The molecule has 0 N–H and O–H groups in total. The standard InChI is InChI=1S/C28H35FO5/c1-31-22-9-10-26(29)25(16-22)28(33-3)13-11-19(12-14-28)18-34-23-6-4-5-21(15-23)24(20-7-8-20)17-27(30)32-2/h4-6,9-10,15-16,19-20,24H,7-8,11-14,17-18H2,1-3H3/t19-,24?,28+. The summed E-state index contributed by atoms with van der Waals surface area (Å²) < 4.78 is 37.0. The summed E-state index contributed by atoms with van der Waals surface area (Å²) >= 11 is 0. The maximum atomic E-state index is 14.7. The minimum Gasteiger partial charge on any atom is -0.497 e. The van der Waals surface area contributed by atoms with Crippen molar-refractivity contribution < 1.29 is 28.1 Å². The molecule has 6 heteroatoms. The van der Waals surface area contributed by atoms with Gasteiger partial charge in [-0.3, -0.25) is 4.79 Å². The second kappa shape index (κ2) is 10.8. The Morgan fingerprint density at radius 3 is 2.44 bits per heavy atom. The molecule has 1 atom stereocenters. The number of methoxy groups -OCH3 is 3. The lowest BCUT2D eigenvalue weighted by Gasteiger charge is -2.39. The third-order valence-corrected chi connectivity index (χ3v) is 7.55. The van der Waals surface area contributed by atoms with Crippen LogP contribution in [0.15, 0.2) is 42.5 Å². The molecule has 4 rings (SSSR count). The molecule has 34 heavy (non-hydrogen) atoms. The third kappa shape index (κ3) is 5.54. The van der Waals surface area contributed by atoms with Crippen LogP contribution in [0.2, 0.25) is 0 Å². The predicted molar refractivity (Wildman–Crippen MR) is 128 cm³/mol. The summed E-state index contributed by atoms with van der Waals surface area (Å²) in [6.07, 6.45) is 5.95. The first-order valence-corrected chi connectivity index (χ1v) is 12.2. The van der Waals surface area contributed by atoms with Gasteiger partial charge in [0.05, 0.1) is 32.8 Å². The van der Waals surface area contributed by atoms with Gasteiger partial charge in [0.2, 0.25) is 0 Å². The van der Waals surface area contributed by atoms with Gasteiger partial charge in [-0.2, -0.15) is 0 Å². The molecule has 0 aromatic heterocycles. The van der Waals surface area contributed by atoms with Crippen LogP contribution in [-0.4, -0.2) is 33.9 Å². The Bertz CT molecular complexity index is 979. The minimum atomic E-state index is -0.638. The van der Waals surface area contributed by atoms with Crippen LogP contribution in [0.4, 0.5) is 4.39 Å². The maximum Gasteiger partial charge on any atom is 0.306 e. The van der Waals surface area contributed by atoms with Gasteiger partial charge in [-0.05, 0) is 92.2 Å². The molecule has 184 valence electrons. The van der Waals surface area contributed by atoms with Crippen molar-refractivity contribution in [3.63, 3.8) is 0 Å². The van der Waals surface area contributed by atoms with E-state index in [9.17, 15) is 9.18 Å². The average molecular weight is 471 g/mol. The fourth-order valence-electron chi connectivity index (χ4n) is 5.24. The van der Waals surface area contributed by atoms with Crippen molar-refractivity contribution in [1.82, 2.24) is 0 Å². The summed E-state index contributed by atoms with van der Waals surface area (Å²) in [7, 11) is 4.69.